The number of hydrogen-bond acceptors (Lipinski definition) is 9. The van der Waals surface area contributed by atoms with Crippen molar-refractivity contribution in [3.05, 3.63) is 47.2 Å². The molecule has 184 valence electrons. The highest BCUT2D eigenvalue weighted by Crippen LogP contribution is 2.39. The summed E-state index contributed by atoms with van der Waals surface area (Å²) in [5.41, 5.74) is 3.66. The largest absolute Gasteiger partial charge is 0.494 e. The van der Waals surface area contributed by atoms with Crippen LogP contribution in [0.4, 0.5) is 23.1 Å². The molecule has 1 unspecified atom stereocenters. The second-order valence-electron chi connectivity index (χ2n) is 9.31. The van der Waals surface area contributed by atoms with E-state index in [1.54, 1.807) is 19.5 Å². The van der Waals surface area contributed by atoms with Crippen LogP contribution in [-0.2, 0) is 5.41 Å². The Morgan fingerprint density at radius 2 is 2.06 bits per heavy atom. The molecule has 3 aromatic rings. The van der Waals surface area contributed by atoms with E-state index in [1.807, 2.05) is 31.2 Å². The Kier molecular flexibility index (Phi) is 6.39. The molecular formula is C25H29ClN6O3. The summed E-state index contributed by atoms with van der Waals surface area (Å²) in [5, 5.41) is 26.8. The number of anilines is 4. The molecule has 0 amide bonds. The summed E-state index contributed by atoms with van der Waals surface area (Å²) in [6.45, 7) is 4.16. The molecule has 1 aromatic carbocycles. The number of fused-ring (bicyclic) bond motifs is 1. The van der Waals surface area contributed by atoms with Gasteiger partial charge in [0.15, 0.2) is 0 Å². The van der Waals surface area contributed by atoms with Crippen LogP contribution in [0.2, 0.25) is 5.02 Å². The standard InChI is InChI=1S/C25H29ClN6O3/c1-25(14-33)13-29-23-17(25)9-15(12-28-23)19-3-6-27-24(30-19)31-20-10-18(26)21(11-22(20)35-2)32-7-4-16(34)5-8-32/h3,6,9-12,16,33-34H,4-5,7-8,13-14H2,1-2H3,(H,28,29)(H,27,30,31). The predicted molar refractivity (Wildman–Crippen MR) is 137 cm³/mol. The molecule has 4 heterocycles. The van der Waals surface area contributed by atoms with Crippen molar-refractivity contribution in [3.63, 3.8) is 0 Å². The van der Waals surface area contributed by atoms with Crippen LogP contribution in [0, 0.1) is 0 Å². The summed E-state index contributed by atoms with van der Waals surface area (Å²) >= 11 is 6.64. The second-order valence-corrected chi connectivity index (χ2v) is 9.71. The molecule has 0 spiro atoms. The molecule has 5 rings (SSSR count). The highest BCUT2D eigenvalue weighted by molar-refractivity contribution is 6.33. The minimum Gasteiger partial charge on any atom is -0.494 e. The van der Waals surface area contributed by atoms with Gasteiger partial charge in [-0.3, -0.25) is 0 Å². The smallest absolute Gasteiger partial charge is 0.227 e. The number of benzene rings is 1. The molecular weight excluding hydrogens is 468 g/mol. The van der Waals surface area contributed by atoms with Crippen molar-refractivity contribution < 1.29 is 14.9 Å². The average molecular weight is 497 g/mol. The Bertz CT molecular complexity index is 1230. The Labute approximate surface area is 209 Å². The number of halogens is 1. The van der Waals surface area contributed by atoms with Crippen LogP contribution < -0.4 is 20.3 Å². The van der Waals surface area contributed by atoms with Gasteiger partial charge in [-0.2, -0.15) is 0 Å². The molecule has 2 aliphatic heterocycles. The number of piperidine rings is 1. The van der Waals surface area contributed by atoms with Crippen molar-refractivity contribution in [2.45, 2.75) is 31.3 Å². The van der Waals surface area contributed by atoms with E-state index in [0.29, 0.717) is 47.5 Å². The SMILES string of the molecule is COc1cc(N2CCC(O)CC2)c(Cl)cc1Nc1nccc(-c2cnc3c(c2)C(C)(CO)CN3)n1. The van der Waals surface area contributed by atoms with E-state index in [2.05, 4.69) is 30.5 Å². The van der Waals surface area contributed by atoms with Crippen molar-refractivity contribution in [1.82, 2.24) is 15.0 Å². The number of ether oxygens (including phenoxy) is 1. The number of aliphatic hydroxyl groups excluding tert-OH is 2. The maximum absolute atomic E-state index is 9.89. The number of pyridine rings is 1. The van der Waals surface area contributed by atoms with E-state index in [-0.39, 0.29) is 18.1 Å². The Morgan fingerprint density at radius 3 is 2.80 bits per heavy atom. The van der Waals surface area contributed by atoms with Crippen LogP contribution in [0.5, 0.6) is 5.75 Å². The Balaban J connectivity index is 1.41. The number of nitrogens with zero attached hydrogens (tertiary/aromatic N) is 4. The van der Waals surface area contributed by atoms with Gasteiger partial charge in [-0.25, -0.2) is 15.0 Å². The minimum atomic E-state index is -0.384. The van der Waals surface area contributed by atoms with E-state index >= 15 is 0 Å². The van der Waals surface area contributed by atoms with Crippen molar-refractivity contribution in [2.24, 2.45) is 0 Å². The van der Waals surface area contributed by atoms with Crippen molar-refractivity contribution in [2.75, 3.05) is 48.9 Å². The van der Waals surface area contributed by atoms with Gasteiger partial charge in [0.1, 0.15) is 11.6 Å². The lowest BCUT2D eigenvalue weighted by atomic mass is 9.85. The van der Waals surface area contributed by atoms with E-state index < -0.39 is 0 Å². The van der Waals surface area contributed by atoms with Gasteiger partial charge < -0.3 is 30.5 Å². The molecule has 10 heteroatoms. The lowest BCUT2D eigenvalue weighted by Crippen LogP contribution is -2.35. The summed E-state index contributed by atoms with van der Waals surface area (Å²) < 4.78 is 5.63. The van der Waals surface area contributed by atoms with Crippen LogP contribution in [0.3, 0.4) is 0 Å². The molecule has 0 bridgehead atoms. The van der Waals surface area contributed by atoms with E-state index in [0.717, 1.165) is 35.7 Å². The van der Waals surface area contributed by atoms with E-state index in [4.69, 9.17) is 16.3 Å². The Hall–Kier alpha value is -3.14. The van der Waals surface area contributed by atoms with Gasteiger partial charge in [0.25, 0.3) is 0 Å². The molecule has 35 heavy (non-hydrogen) atoms. The summed E-state index contributed by atoms with van der Waals surface area (Å²) in [4.78, 5) is 15.7. The van der Waals surface area contributed by atoms with E-state index in [1.165, 1.54) is 0 Å². The number of nitrogens with one attached hydrogen (secondary N) is 2. The second kappa shape index (κ2) is 9.49. The first-order valence-electron chi connectivity index (χ1n) is 11.7. The van der Waals surface area contributed by atoms with Gasteiger partial charge >= 0.3 is 0 Å². The number of methoxy groups -OCH3 is 1. The van der Waals surface area contributed by atoms with Gasteiger partial charge in [-0.15, -0.1) is 0 Å². The monoisotopic (exact) mass is 496 g/mol. The fourth-order valence-electron chi connectivity index (χ4n) is 4.58. The highest BCUT2D eigenvalue weighted by Gasteiger charge is 2.35. The quantitative estimate of drug-likeness (QED) is 0.406. The molecule has 2 aliphatic rings. The van der Waals surface area contributed by atoms with Gasteiger partial charge in [-0.1, -0.05) is 18.5 Å². The zero-order valence-electron chi connectivity index (χ0n) is 19.8. The topological polar surface area (TPSA) is 116 Å². The molecule has 9 nitrogen and oxygen atoms in total. The first-order valence-corrected chi connectivity index (χ1v) is 12.0. The first kappa shape index (κ1) is 23.6. The average Bonchev–Trinajstić information content (AvgIpc) is 3.21. The van der Waals surface area contributed by atoms with Crippen molar-refractivity contribution >= 4 is 34.7 Å². The van der Waals surface area contributed by atoms with Crippen LogP contribution in [0.15, 0.2) is 36.7 Å². The maximum atomic E-state index is 9.89. The first-order chi connectivity index (χ1) is 16.9. The van der Waals surface area contributed by atoms with Crippen molar-refractivity contribution in [3.8, 4) is 17.0 Å². The third-order valence-corrected chi connectivity index (χ3v) is 7.11. The molecule has 0 saturated carbocycles. The van der Waals surface area contributed by atoms with Gasteiger partial charge in [-0.05, 0) is 31.0 Å². The van der Waals surface area contributed by atoms with Crippen LogP contribution >= 0.6 is 11.6 Å². The molecule has 1 saturated heterocycles. The lowest BCUT2D eigenvalue weighted by Gasteiger charge is -2.32. The predicted octanol–water partition coefficient (Wildman–Crippen LogP) is 3.58. The number of hydrogen-bond donors (Lipinski definition) is 4. The molecule has 1 atom stereocenters. The molecule has 1 fully saturated rings. The summed E-state index contributed by atoms with van der Waals surface area (Å²) in [7, 11) is 1.61. The van der Waals surface area contributed by atoms with Crippen LogP contribution in [-0.4, -0.2) is 64.6 Å². The zero-order chi connectivity index (χ0) is 24.6. The van der Waals surface area contributed by atoms with Crippen molar-refractivity contribution in [1.29, 1.82) is 0 Å². The third-order valence-electron chi connectivity index (χ3n) is 6.80. The maximum Gasteiger partial charge on any atom is 0.227 e. The number of aliphatic hydroxyl groups is 2. The fourth-order valence-corrected chi connectivity index (χ4v) is 4.86. The summed E-state index contributed by atoms with van der Waals surface area (Å²) in [5.74, 6) is 1.81. The molecule has 0 radical (unpaired) electrons. The van der Waals surface area contributed by atoms with Crippen LogP contribution in [0.25, 0.3) is 11.3 Å². The number of rotatable bonds is 6. The number of aromatic nitrogens is 3. The van der Waals surface area contributed by atoms with Gasteiger partial charge in [0.2, 0.25) is 5.95 Å². The lowest BCUT2D eigenvalue weighted by molar-refractivity contribution is 0.145. The van der Waals surface area contributed by atoms with Gasteiger partial charge in [0.05, 0.1) is 41.9 Å². The highest BCUT2D eigenvalue weighted by atomic mass is 35.5. The zero-order valence-corrected chi connectivity index (χ0v) is 20.5. The summed E-state index contributed by atoms with van der Waals surface area (Å²) in [6, 6.07) is 7.56. The third kappa shape index (κ3) is 4.59. The fraction of sp³-hybridized carbons (Fsp3) is 0.400. The minimum absolute atomic E-state index is 0.0310. The summed E-state index contributed by atoms with van der Waals surface area (Å²) in [6.07, 6.45) is 4.62. The molecule has 2 aromatic heterocycles. The van der Waals surface area contributed by atoms with E-state index in [9.17, 15) is 10.2 Å². The normalized spacial score (nSPS) is 19.9. The molecule has 0 aliphatic carbocycles. The van der Waals surface area contributed by atoms with Crippen LogP contribution in [0.1, 0.15) is 25.3 Å². The molecule has 4 N–H and O–H groups in total. The van der Waals surface area contributed by atoms with Gasteiger partial charge in [0, 0.05) is 54.6 Å². The Morgan fingerprint density at radius 1 is 1.26 bits per heavy atom.